The molecule has 5 heteroatoms. The van der Waals surface area contributed by atoms with Gasteiger partial charge >= 0.3 is 0 Å². The molecule has 1 aliphatic rings. The van der Waals surface area contributed by atoms with Crippen molar-refractivity contribution in [3.05, 3.63) is 28.2 Å². The zero-order valence-corrected chi connectivity index (χ0v) is 13.6. The molecule has 110 valence electrons. The van der Waals surface area contributed by atoms with E-state index < -0.39 is 0 Å². The average molecular weight is 341 g/mol. The molecule has 1 aliphatic heterocycles. The van der Waals surface area contributed by atoms with E-state index in [1.807, 2.05) is 4.90 Å². The van der Waals surface area contributed by atoms with E-state index in [2.05, 4.69) is 34.9 Å². The molecule has 0 radical (unpaired) electrons. The number of likely N-dealkylation sites (tertiary alicyclic amines) is 1. The molecule has 0 atom stereocenters. The first-order chi connectivity index (χ1) is 9.47. The largest absolute Gasteiger partial charge is 0.507 e. The predicted molar refractivity (Wildman–Crippen MR) is 83.0 cm³/mol. The first-order valence-corrected chi connectivity index (χ1v) is 7.69. The Morgan fingerprint density at radius 1 is 1.40 bits per heavy atom. The maximum absolute atomic E-state index is 12.4. The fourth-order valence-corrected chi connectivity index (χ4v) is 3.04. The molecule has 1 aromatic rings. The quantitative estimate of drug-likeness (QED) is 0.919. The molecule has 1 heterocycles. The highest BCUT2D eigenvalue weighted by molar-refractivity contribution is 9.10. The summed E-state index contributed by atoms with van der Waals surface area (Å²) in [6.45, 7) is 2.62. The van der Waals surface area contributed by atoms with Crippen LogP contribution in [-0.2, 0) is 0 Å². The van der Waals surface area contributed by atoms with E-state index in [4.69, 9.17) is 0 Å². The number of hydrogen-bond donors (Lipinski definition) is 1. The van der Waals surface area contributed by atoms with Gasteiger partial charge in [0.15, 0.2) is 0 Å². The predicted octanol–water partition coefficient (Wildman–Crippen LogP) is 2.57. The van der Waals surface area contributed by atoms with Crippen molar-refractivity contribution in [2.75, 3.05) is 33.7 Å². The number of phenolic OH excluding ortho intramolecular Hbond substituents is 1. The Bertz CT molecular complexity index is 483. The molecule has 0 bridgehead atoms. The molecule has 0 saturated carbocycles. The molecule has 0 aromatic heterocycles. The molecular formula is C15H21BrN2O2. The lowest BCUT2D eigenvalue weighted by molar-refractivity contribution is 0.0675. The summed E-state index contributed by atoms with van der Waals surface area (Å²) in [6.07, 6.45) is 2.06. The first kappa shape index (κ1) is 15.3. The van der Waals surface area contributed by atoms with Crippen molar-refractivity contribution in [1.82, 2.24) is 9.80 Å². The van der Waals surface area contributed by atoms with Crippen LogP contribution in [-0.4, -0.2) is 54.5 Å². The minimum atomic E-state index is -0.0710. The minimum absolute atomic E-state index is 0.0415. The topological polar surface area (TPSA) is 43.8 Å². The summed E-state index contributed by atoms with van der Waals surface area (Å²) in [6, 6.07) is 5.02. The fourth-order valence-electron chi connectivity index (χ4n) is 2.69. The average Bonchev–Trinajstić information content (AvgIpc) is 2.38. The number of hydrogen-bond acceptors (Lipinski definition) is 3. The zero-order chi connectivity index (χ0) is 14.7. The van der Waals surface area contributed by atoms with Gasteiger partial charge in [-0.3, -0.25) is 4.79 Å². The SMILES string of the molecule is CN(C)CC1CCN(C(=O)c2ccc(Br)cc2O)CC1. The summed E-state index contributed by atoms with van der Waals surface area (Å²) in [4.78, 5) is 16.4. The van der Waals surface area contributed by atoms with Crippen LogP contribution < -0.4 is 0 Å². The van der Waals surface area contributed by atoms with Gasteiger partial charge in [0, 0.05) is 24.1 Å². The normalized spacial score (nSPS) is 16.7. The monoisotopic (exact) mass is 340 g/mol. The number of piperidine rings is 1. The summed E-state index contributed by atoms with van der Waals surface area (Å²) in [5.41, 5.74) is 0.388. The van der Waals surface area contributed by atoms with Crippen molar-refractivity contribution in [2.45, 2.75) is 12.8 Å². The minimum Gasteiger partial charge on any atom is -0.507 e. The van der Waals surface area contributed by atoms with Gasteiger partial charge < -0.3 is 14.9 Å². The number of rotatable bonds is 3. The number of nitrogens with zero attached hydrogens (tertiary/aromatic N) is 2. The summed E-state index contributed by atoms with van der Waals surface area (Å²) >= 11 is 3.28. The first-order valence-electron chi connectivity index (χ1n) is 6.90. The van der Waals surface area contributed by atoms with Crippen molar-refractivity contribution in [3.63, 3.8) is 0 Å². The third-order valence-electron chi connectivity index (χ3n) is 3.72. The number of amides is 1. The molecule has 0 aliphatic carbocycles. The maximum atomic E-state index is 12.4. The lowest BCUT2D eigenvalue weighted by atomic mass is 9.96. The van der Waals surface area contributed by atoms with E-state index in [0.717, 1.165) is 36.9 Å². The molecule has 1 fully saturated rings. The van der Waals surface area contributed by atoms with E-state index in [1.54, 1.807) is 18.2 Å². The number of carbonyl (C=O) groups is 1. The van der Waals surface area contributed by atoms with Crippen molar-refractivity contribution in [2.24, 2.45) is 5.92 Å². The van der Waals surface area contributed by atoms with E-state index in [0.29, 0.717) is 11.5 Å². The van der Waals surface area contributed by atoms with E-state index in [-0.39, 0.29) is 11.7 Å². The Labute approximate surface area is 128 Å². The zero-order valence-electron chi connectivity index (χ0n) is 12.0. The van der Waals surface area contributed by atoms with E-state index >= 15 is 0 Å². The standard InChI is InChI=1S/C15H21BrN2O2/c1-17(2)10-11-5-7-18(8-6-11)15(20)13-4-3-12(16)9-14(13)19/h3-4,9,11,19H,5-8,10H2,1-2H3. The molecule has 1 saturated heterocycles. The smallest absolute Gasteiger partial charge is 0.257 e. The Kier molecular flexibility index (Phi) is 5.05. The molecule has 20 heavy (non-hydrogen) atoms. The fraction of sp³-hybridized carbons (Fsp3) is 0.533. The summed E-state index contributed by atoms with van der Waals surface area (Å²) in [7, 11) is 4.16. The second-order valence-corrected chi connectivity index (χ2v) is 6.57. The van der Waals surface area contributed by atoms with Crippen LogP contribution in [0.2, 0.25) is 0 Å². The molecule has 1 N–H and O–H groups in total. The van der Waals surface area contributed by atoms with Gasteiger partial charge in [0.2, 0.25) is 0 Å². The summed E-state index contributed by atoms with van der Waals surface area (Å²) < 4.78 is 0.774. The van der Waals surface area contributed by atoms with E-state index in [9.17, 15) is 9.90 Å². The van der Waals surface area contributed by atoms with Gasteiger partial charge in [-0.1, -0.05) is 15.9 Å². The van der Waals surface area contributed by atoms with Crippen molar-refractivity contribution in [3.8, 4) is 5.75 Å². The Hall–Kier alpha value is -1.07. The van der Waals surface area contributed by atoms with Crippen LogP contribution in [0.1, 0.15) is 23.2 Å². The second-order valence-electron chi connectivity index (χ2n) is 5.66. The highest BCUT2D eigenvalue weighted by Crippen LogP contribution is 2.26. The van der Waals surface area contributed by atoms with Gasteiger partial charge in [-0.25, -0.2) is 0 Å². The maximum Gasteiger partial charge on any atom is 0.257 e. The number of phenols is 1. The Balaban J connectivity index is 1.98. The van der Waals surface area contributed by atoms with Crippen LogP contribution in [0, 0.1) is 5.92 Å². The number of carbonyl (C=O) groups excluding carboxylic acids is 1. The van der Waals surface area contributed by atoms with Gasteiger partial charge in [-0.05, 0) is 51.1 Å². The third kappa shape index (κ3) is 3.73. The van der Waals surface area contributed by atoms with Gasteiger partial charge in [0.05, 0.1) is 5.56 Å². The van der Waals surface area contributed by atoms with Crippen LogP contribution in [0.15, 0.2) is 22.7 Å². The summed E-state index contributed by atoms with van der Waals surface area (Å²) in [5, 5.41) is 9.88. The van der Waals surface area contributed by atoms with Crippen LogP contribution in [0.4, 0.5) is 0 Å². The number of benzene rings is 1. The Morgan fingerprint density at radius 3 is 2.60 bits per heavy atom. The lowest BCUT2D eigenvalue weighted by Gasteiger charge is -2.33. The molecule has 0 spiro atoms. The molecule has 2 rings (SSSR count). The third-order valence-corrected chi connectivity index (χ3v) is 4.21. The number of halogens is 1. The van der Waals surface area contributed by atoms with Crippen molar-refractivity contribution in [1.29, 1.82) is 0 Å². The van der Waals surface area contributed by atoms with Gasteiger partial charge in [0.25, 0.3) is 5.91 Å². The van der Waals surface area contributed by atoms with Gasteiger partial charge in [-0.15, -0.1) is 0 Å². The molecule has 1 aromatic carbocycles. The lowest BCUT2D eigenvalue weighted by Crippen LogP contribution is -2.40. The highest BCUT2D eigenvalue weighted by Gasteiger charge is 2.25. The highest BCUT2D eigenvalue weighted by atomic mass is 79.9. The number of aromatic hydroxyl groups is 1. The second kappa shape index (κ2) is 6.59. The van der Waals surface area contributed by atoms with Crippen LogP contribution in [0.25, 0.3) is 0 Å². The Morgan fingerprint density at radius 2 is 2.05 bits per heavy atom. The molecule has 4 nitrogen and oxygen atoms in total. The van der Waals surface area contributed by atoms with Crippen LogP contribution in [0.5, 0.6) is 5.75 Å². The van der Waals surface area contributed by atoms with Crippen LogP contribution >= 0.6 is 15.9 Å². The van der Waals surface area contributed by atoms with Crippen LogP contribution in [0.3, 0.4) is 0 Å². The van der Waals surface area contributed by atoms with Crippen molar-refractivity contribution < 1.29 is 9.90 Å². The van der Waals surface area contributed by atoms with Gasteiger partial charge in [-0.2, -0.15) is 0 Å². The van der Waals surface area contributed by atoms with Crippen molar-refractivity contribution >= 4 is 21.8 Å². The molecule has 1 amide bonds. The van der Waals surface area contributed by atoms with E-state index in [1.165, 1.54) is 0 Å². The molecular weight excluding hydrogens is 320 g/mol. The van der Waals surface area contributed by atoms with Gasteiger partial charge in [0.1, 0.15) is 5.75 Å². The molecule has 0 unspecified atom stereocenters. The summed E-state index contributed by atoms with van der Waals surface area (Å²) in [5.74, 6) is 0.630.